The molecule has 2 N–H and O–H groups in total. The maximum Gasteiger partial charge on any atom is 0.265 e. The van der Waals surface area contributed by atoms with E-state index < -0.39 is 10.1 Å². The van der Waals surface area contributed by atoms with Gasteiger partial charge in [-0.15, -0.1) is 0 Å². The molecule has 0 aliphatic rings. The van der Waals surface area contributed by atoms with E-state index in [9.17, 15) is 13.2 Å². The van der Waals surface area contributed by atoms with Crippen molar-refractivity contribution in [1.29, 1.82) is 0 Å². The summed E-state index contributed by atoms with van der Waals surface area (Å²) in [5, 5.41) is 2.96. The number of benzene rings is 1. The number of carbonyl (C=O) groups excluding carboxylic acids is 1. The van der Waals surface area contributed by atoms with Crippen molar-refractivity contribution in [3.05, 3.63) is 35.4 Å². The van der Waals surface area contributed by atoms with Crippen molar-refractivity contribution in [2.75, 3.05) is 39.5 Å². The van der Waals surface area contributed by atoms with E-state index in [4.69, 9.17) is 4.55 Å². The van der Waals surface area contributed by atoms with E-state index in [0.29, 0.717) is 29.6 Å². The lowest BCUT2D eigenvalue weighted by molar-refractivity contribution is -0.890. The number of aryl methyl sites for hydroxylation is 1. The molecule has 1 amide bonds. The van der Waals surface area contributed by atoms with Crippen molar-refractivity contribution < 1.29 is 22.2 Å². The molecule has 0 radical (unpaired) electrons. The van der Waals surface area contributed by atoms with Crippen LogP contribution in [0.5, 0.6) is 0 Å². The van der Waals surface area contributed by atoms with Crippen molar-refractivity contribution in [1.82, 2.24) is 5.32 Å². The van der Waals surface area contributed by atoms with E-state index in [2.05, 4.69) is 24.4 Å². The fraction of sp³-hybridized carbons (Fsp3) is 0.696. The highest BCUT2D eigenvalue weighted by Gasteiger charge is 2.16. The number of carbonyl (C=O) groups is 1. The molecule has 172 valence electrons. The van der Waals surface area contributed by atoms with Gasteiger partial charge in [-0.05, 0) is 30.5 Å². The van der Waals surface area contributed by atoms with Crippen LogP contribution < -0.4 is 5.32 Å². The second kappa shape index (κ2) is 13.8. The highest BCUT2D eigenvalue weighted by molar-refractivity contribution is 7.85. The number of rotatable bonds is 16. The molecule has 1 aromatic rings. The first-order valence-corrected chi connectivity index (χ1v) is 12.9. The van der Waals surface area contributed by atoms with E-state index >= 15 is 0 Å². The Morgan fingerprint density at radius 2 is 1.53 bits per heavy atom. The van der Waals surface area contributed by atoms with Crippen molar-refractivity contribution in [3.63, 3.8) is 0 Å². The van der Waals surface area contributed by atoms with Crippen LogP contribution in [-0.4, -0.2) is 62.8 Å². The number of quaternary nitrogens is 1. The summed E-state index contributed by atoms with van der Waals surface area (Å²) in [6.07, 6.45) is 10.0. The lowest BCUT2D eigenvalue weighted by atomic mass is 10.0. The van der Waals surface area contributed by atoms with E-state index in [1.807, 2.05) is 26.2 Å². The molecule has 0 spiro atoms. The lowest BCUT2D eigenvalue weighted by Crippen LogP contribution is -2.43. The highest BCUT2D eigenvalue weighted by Crippen LogP contribution is 2.11. The Morgan fingerprint density at radius 1 is 0.933 bits per heavy atom. The Labute approximate surface area is 183 Å². The normalized spacial score (nSPS) is 12.1. The summed E-state index contributed by atoms with van der Waals surface area (Å²) in [5.74, 6) is -0.266. The zero-order valence-electron chi connectivity index (χ0n) is 19.0. The number of amides is 1. The topological polar surface area (TPSA) is 83.5 Å². The Bertz CT molecular complexity index is 715. The zero-order chi connectivity index (χ0) is 22.5. The number of nitrogens with zero attached hydrogens (tertiary/aromatic N) is 1. The van der Waals surface area contributed by atoms with Crippen LogP contribution in [0.15, 0.2) is 24.3 Å². The Balaban J connectivity index is 2.25. The second-order valence-corrected chi connectivity index (χ2v) is 10.4. The van der Waals surface area contributed by atoms with E-state index in [-0.39, 0.29) is 11.7 Å². The highest BCUT2D eigenvalue weighted by atomic mass is 32.2. The van der Waals surface area contributed by atoms with Gasteiger partial charge in [0.25, 0.3) is 16.0 Å². The third kappa shape index (κ3) is 13.0. The van der Waals surface area contributed by atoms with Gasteiger partial charge in [-0.3, -0.25) is 9.35 Å². The van der Waals surface area contributed by atoms with Crippen LogP contribution in [-0.2, 0) is 16.5 Å². The van der Waals surface area contributed by atoms with E-state index in [0.717, 1.165) is 19.4 Å². The van der Waals surface area contributed by atoms with Crippen molar-refractivity contribution in [2.45, 2.75) is 64.7 Å². The smallest absolute Gasteiger partial charge is 0.265 e. The van der Waals surface area contributed by atoms with Crippen LogP contribution >= 0.6 is 0 Å². The summed E-state index contributed by atoms with van der Waals surface area (Å²) in [7, 11) is 0.150. The Morgan fingerprint density at radius 3 is 2.17 bits per heavy atom. The Hall–Kier alpha value is -1.44. The summed E-state index contributed by atoms with van der Waals surface area (Å²) >= 11 is 0. The van der Waals surface area contributed by atoms with Gasteiger partial charge in [0, 0.05) is 24.9 Å². The number of nitrogens with one attached hydrogen (secondary N) is 1. The largest absolute Gasteiger partial charge is 0.352 e. The van der Waals surface area contributed by atoms with Gasteiger partial charge in [-0.25, -0.2) is 0 Å². The van der Waals surface area contributed by atoms with Crippen LogP contribution in [0.4, 0.5) is 0 Å². The lowest BCUT2D eigenvalue weighted by Gasteiger charge is -2.29. The molecule has 0 aromatic heterocycles. The summed E-state index contributed by atoms with van der Waals surface area (Å²) < 4.78 is 31.1. The summed E-state index contributed by atoms with van der Waals surface area (Å²) in [4.78, 5) is 12.3. The molecule has 0 saturated heterocycles. The van der Waals surface area contributed by atoms with Crippen LogP contribution in [0.2, 0.25) is 0 Å². The predicted octanol–water partition coefficient (Wildman–Crippen LogP) is 4.06. The van der Waals surface area contributed by atoms with E-state index in [1.165, 1.54) is 44.1 Å². The van der Waals surface area contributed by atoms with Gasteiger partial charge in [0.1, 0.15) is 0 Å². The van der Waals surface area contributed by atoms with Gasteiger partial charge in [-0.2, -0.15) is 8.42 Å². The molecule has 0 atom stereocenters. The van der Waals surface area contributed by atoms with Gasteiger partial charge in [-0.1, -0.05) is 51.2 Å². The number of hydrogen-bond donors (Lipinski definition) is 2. The molecule has 0 fully saturated rings. The maximum atomic E-state index is 12.3. The first-order valence-electron chi connectivity index (χ1n) is 11.3. The molecule has 1 rings (SSSR count). The molecule has 6 nitrogen and oxygen atoms in total. The molecular formula is C23H41N2O4S+. The third-order valence-corrected chi connectivity index (χ3v) is 6.23. The molecule has 0 aliphatic heterocycles. The zero-order valence-corrected chi connectivity index (χ0v) is 19.8. The molecule has 0 heterocycles. The average Bonchev–Trinajstić information content (AvgIpc) is 2.67. The molecule has 0 unspecified atom stereocenters. The van der Waals surface area contributed by atoms with E-state index in [1.54, 1.807) is 0 Å². The van der Waals surface area contributed by atoms with Crippen LogP contribution in [0.1, 0.15) is 74.2 Å². The van der Waals surface area contributed by atoms with Crippen LogP contribution in [0, 0.1) is 0 Å². The molecule has 0 bridgehead atoms. The van der Waals surface area contributed by atoms with Crippen LogP contribution in [0.3, 0.4) is 0 Å². The fourth-order valence-electron chi connectivity index (χ4n) is 3.53. The Kier molecular flexibility index (Phi) is 12.2. The van der Waals surface area contributed by atoms with Crippen molar-refractivity contribution >= 4 is 16.0 Å². The number of unbranched alkanes of at least 4 members (excludes halogenated alkanes) is 5. The monoisotopic (exact) mass is 441 g/mol. The molecule has 30 heavy (non-hydrogen) atoms. The quantitative estimate of drug-likeness (QED) is 0.230. The van der Waals surface area contributed by atoms with Gasteiger partial charge >= 0.3 is 0 Å². The summed E-state index contributed by atoms with van der Waals surface area (Å²) in [6, 6.07) is 7.90. The number of hydrogen-bond acceptors (Lipinski definition) is 3. The van der Waals surface area contributed by atoms with Crippen molar-refractivity contribution in [2.24, 2.45) is 0 Å². The SMILES string of the molecule is CCCCCCCCc1ccc(C(=O)NCCC[N+](C)(C)CCCS(=O)(=O)O)cc1. The average molecular weight is 442 g/mol. The maximum absolute atomic E-state index is 12.3. The predicted molar refractivity (Wildman–Crippen MR) is 123 cm³/mol. The van der Waals surface area contributed by atoms with Crippen LogP contribution in [0.25, 0.3) is 0 Å². The third-order valence-electron chi connectivity index (χ3n) is 5.43. The second-order valence-electron chi connectivity index (χ2n) is 8.85. The summed E-state index contributed by atoms with van der Waals surface area (Å²) in [6.45, 7) is 4.30. The van der Waals surface area contributed by atoms with Crippen molar-refractivity contribution in [3.8, 4) is 0 Å². The molecule has 7 heteroatoms. The molecule has 0 aliphatic carbocycles. The fourth-order valence-corrected chi connectivity index (χ4v) is 4.02. The standard InChI is InChI=1S/C23H40N2O4S/c1-4-5-6-7-8-9-12-21-13-15-22(16-14-21)23(26)24-17-10-18-25(2,3)19-11-20-30(27,28)29/h13-16H,4-12,17-20H2,1-3H3,(H-,24,26,27,28,29)/p+1. The molecular weight excluding hydrogens is 400 g/mol. The minimum atomic E-state index is -3.89. The molecule has 0 saturated carbocycles. The minimum absolute atomic E-state index is 0.0576. The van der Waals surface area contributed by atoms with Gasteiger partial charge in [0.2, 0.25) is 0 Å². The van der Waals surface area contributed by atoms with Gasteiger partial charge < -0.3 is 9.80 Å². The molecule has 1 aromatic carbocycles. The summed E-state index contributed by atoms with van der Waals surface area (Å²) in [5.41, 5.74) is 1.97. The van der Waals surface area contributed by atoms with Gasteiger partial charge in [0.15, 0.2) is 0 Å². The minimum Gasteiger partial charge on any atom is -0.352 e. The van der Waals surface area contributed by atoms with Gasteiger partial charge in [0.05, 0.1) is 32.9 Å². The first-order chi connectivity index (χ1) is 14.1. The first kappa shape index (κ1) is 26.6.